The highest BCUT2D eigenvalue weighted by Crippen LogP contribution is 2.42. The molecule has 0 fully saturated rings. The predicted molar refractivity (Wildman–Crippen MR) is 65.2 cm³/mol. The van der Waals surface area contributed by atoms with Gasteiger partial charge in [-0.15, -0.1) is 13.2 Å². The van der Waals surface area contributed by atoms with Crippen LogP contribution in [0.1, 0.15) is 5.56 Å². The summed E-state index contributed by atoms with van der Waals surface area (Å²) < 4.78 is 79.8. The molecular formula is C14H8F6O2. The molecule has 0 spiro atoms. The molecule has 0 amide bonds. The van der Waals surface area contributed by atoms with E-state index in [0.717, 1.165) is 24.3 Å². The van der Waals surface area contributed by atoms with Crippen LogP contribution < -0.4 is 4.74 Å². The maximum Gasteiger partial charge on any atom is 0.573 e. The predicted octanol–water partition coefficient (Wildman–Crippen LogP) is 4.98. The Bertz CT molecular complexity index is 676. The number of halogens is 6. The van der Waals surface area contributed by atoms with Gasteiger partial charge in [0.2, 0.25) is 0 Å². The number of rotatable bonds is 2. The molecule has 0 atom stereocenters. The van der Waals surface area contributed by atoms with Crippen LogP contribution in [-0.2, 0) is 6.18 Å². The van der Waals surface area contributed by atoms with Crippen molar-refractivity contribution in [2.45, 2.75) is 12.5 Å². The molecule has 22 heavy (non-hydrogen) atoms. The van der Waals surface area contributed by atoms with Gasteiger partial charge in [-0.2, -0.15) is 13.2 Å². The highest BCUT2D eigenvalue weighted by atomic mass is 19.4. The van der Waals surface area contributed by atoms with E-state index in [0.29, 0.717) is 6.07 Å². The van der Waals surface area contributed by atoms with Crippen LogP contribution in [0.3, 0.4) is 0 Å². The van der Waals surface area contributed by atoms with Gasteiger partial charge in [-0.05, 0) is 24.3 Å². The maximum atomic E-state index is 13.0. The van der Waals surface area contributed by atoms with Crippen molar-refractivity contribution < 1.29 is 36.2 Å². The van der Waals surface area contributed by atoms with Crippen LogP contribution in [0.25, 0.3) is 11.1 Å². The van der Waals surface area contributed by atoms with Crippen molar-refractivity contribution in [3.05, 3.63) is 48.0 Å². The fraction of sp³-hybridized carbons (Fsp3) is 0.143. The summed E-state index contributed by atoms with van der Waals surface area (Å²) in [5.41, 5.74) is -2.21. The number of para-hydroxylation sites is 1. The Kier molecular flexibility index (Phi) is 3.95. The van der Waals surface area contributed by atoms with Crippen LogP contribution in [0.15, 0.2) is 42.5 Å². The van der Waals surface area contributed by atoms with Crippen molar-refractivity contribution in [3.8, 4) is 22.6 Å². The fourth-order valence-electron chi connectivity index (χ4n) is 1.91. The first kappa shape index (κ1) is 16.0. The second kappa shape index (κ2) is 5.43. The Morgan fingerprint density at radius 2 is 1.45 bits per heavy atom. The first-order chi connectivity index (χ1) is 10.1. The lowest BCUT2D eigenvalue weighted by Crippen LogP contribution is -2.18. The highest BCUT2D eigenvalue weighted by Gasteiger charge is 2.36. The summed E-state index contributed by atoms with van der Waals surface area (Å²) in [6.07, 6.45) is -9.85. The Balaban J connectivity index is 2.65. The molecule has 2 rings (SSSR count). The summed E-state index contributed by atoms with van der Waals surface area (Å²) >= 11 is 0. The topological polar surface area (TPSA) is 29.5 Å². The number of benzene rings is 2. The molecule has 0 radical (unpaired) electrons. The molecule has 0 saturated carbocycles. The first-order valence-corrected chi connectivity index (χ1v) is 5.83. The molecule has 0 aromatic heterocycles. The monoisotopic (exact) mass is 322 g/mol. The number of ether oxygens (including phenoxy) is 1. The third-order valence-corrected chi connectivity index (χ3v) is 2.71. The van der Waals surface area contributed by atoms with Crippen LogP contribution in [0, 0.1) is 0 Å². The number of phenols is 1. The lowest BCUT2D eigenvalue weighted by Gasteiger charge is -2.17. The third kappa shape index (κ3) is 3.63. The van der Waals surface area contributed by atoms with Gasteiger partial charge in [0.25, 0.3) is 0 Å². The second-order valence-electron chi connectivity index (χ2n) is 4.27. The van der Waals surface area contributed by atoms with Gasteiger partial charge in [-0.3, -0.25) is 0 Å². The molecule has 0 aliphatic rings. The summed E-state index contributed by atoms with van der Waals surface area (Å²) in [4.78, 5) is 0. The summed E-state index contributed by atoms with van der Waals surface area (Å²) in [5, 5.41) is 9.36. The van der Waals surface area contributed by atoms with E-state index in [2.05, 4.69) is 4.74 Å². The van der Waals surface area contributed by atoms with Gasteiger partial charge in [0.05, 0.1) is 5.56 Å². The second-order valence-corrected chi connectivity index (χ2v) is 4.27. The summed E-state index contributed by atoms with van der Waals surface area (Å²) in [5.74, 6) is -1.30. The van der Waals surface area contributed by atoms with E-state index in [4.69, 9.17) is 0 Å². The number of phenolic OH excluding ortho intramolecular Hbond substituents is 1. The van der Waals surface area contributed by atoms with E-state index in [-0.39, 0.29) is 0 Å². The largest absolute Gasteiger partial charge is 0.573 e. The average Bonchev–Trinajstić information content (AvgIpc) is 2.35. The van der Waals surface area contributed by atoms with Crippen LogP contribution >= 0.6 is 0 Å². The van der Waals surface area contributed by atoms with Crippen LogP contribution in [0.4, 0.5) is 26.3 Å². The van der Waals surface area contributed by atoms with E-state index in [1.165, 1.54) is 12.1 Å². The molecule has 0 aliphatic heterocycles. The normalized spacial score (nSPS) is 12.3. The molecule has 2 aromatic carbocycles. The van der Waals surface area contributed by atoms with Crippen molar-refractivity contribution in [2.24, 2.45) is 0 Å². The van der Waals surface area contributed by atoms with Gasteiger partial charge in [0, 0.05) is 11.1 Å². The van der Waals surface area contributed by atoms with Crippen molar-refractivity contribution in [2.75, 3.05) is 0 Å². The minimum absolute atomic E-state index is 0.428. The molecule has 118 valence electrons. The van der Waals surface area contributed by atoms with Crippen LogP contribution in [-0.4, -0.2) is 11.5 Å². The summed E-state index contributed by atoms with van der Waals surface area (Å²) in [6.45, 7) is 0. The Hall–Kier alpha value is -2.38. The number of alkyl halides is 6. The molecule has 0 heterocycles. The molecule has 0 bridgehead atoms. The molecule has 0 saturated heterocycles. The van der Waals surface area contributed by atoms with E-state index >= 15 is 0 Å². The van der Waals surface area contributed by atoms with Gasteiger partial charge >= 0.3 is 12.5 Å². The van der Waals surface area contributed by atoms with Gasteiger partial charge in [0.15, 0.2) is 0 Å². The van der Waals surface area contributed by atoms with Crippen molar-refractivity contribution in [1.29, 1.82) is 0 Å². The minimum Gasteiger partial charge on any atom is -0.508 e. The Labute approximate surface area is 120 Å². The minimum atomic E-state index is -5.05. The lowest BCUT2D eigenvalue weighted by atomic mass is 9.98. The first-order valence-electron chi connectivity index (χ1n) is 5.83. The van der Waals surface area contributed by atoms with Crippen LogP contribution in [0.2, 0.25) is 0 Å². The molecular weight excluding hydrogens is 314 g/mol. The van der Waals surface area contributed by atoms with Crippen molar-refractivity contribution in [1.82, 2.24) is 0 Å². The fourth-order valence-corrected chi connectivity index (χ4v) is 1.91. The number of aromatic hydroxyl groups is 1. The van der Waals surface area contributed by atoms with E-state index in [1.807, 2.05) is 0 Å². The molecule has 0 unspecified atom stereocenters. The van der Waals surface area contributed by atoms with Crippen LogP contribution in [0.5, 0.6) is 11.5 Å². The highest BCUT2D eigenvalue weighted by molar-refractivity contribution is 5.75. The standard InChI is InChI=1S/C14H8F6O2/c15-13(16,17)11-6-5-8(21)7-10(11)9-3-1-2-4-12(9)22-14(18,19)20/h1-7,21H. The smallest absolute Gasteiger partial charge is 0.508 e. The van der Waals surface area contributed by atoms with E-state index in [1.54, 1.807) is 0 Å². The van der Waals surface area contributed by atoms with Gasteiger partial charge in [0.1, 0.15) is 11.5 Å². The van der Waals surface area contributed by atoms with Crippen molar-refractivity contribution in [3.63, 3.8) is 0 Å². The van der Waals surface area contributed by atoms with Crippen molar-refractivity contribution >= 4 is 0 Å². The molecule has 8 heteroatoms. The Morgan fingerprint density at radius 1 is 0.818 bits per heavy atom. The lowest BCUT2D eigenvalue weighted by molar-refractivity contribution is -0.274. The van der Waals surface area contributed by atoms with Gasteiger partial charge < -0.3 is 9.84 Å². The van der Waals surface area contributed by atoms with Gasteiger partial charge in [-0.25, -0.2) is 0 Å². The zero-order valence-electron chi connectivity index (χ0n) is 10.7. The quantitative estimate of drug-likeness (QED) is 0.791. The zero-order chi connectivity index (χ0) is 16.5. The van der Waals surface area contributed by atoms with E-state index in [9.17, 15) is 31.4 Å². The molecule has 1 N–H and O–H groups in total. The van der Waals surface area contributed by atoms with E-state index < -0.39 is 40.7 Å². The SMILES string of the molecule is Oc1ccc(C(F)(F)F)c(-c2ccccc2OC(F)(F)F)c1. The van der Waals surface area contributed by atoms with Gasteiger partial charge in [-0.1, -0.05) is 18.2 Å². The molecule has 0 aliphatic carbocycles. The Morgan fingerprint density at radius 3 is 2.05 bits per heavy atom. The average molecular weight is 322 g/mol. The molecule has 2 aromatic rings. The summed E-state index contributed by atoms with van der Waals surface area (Å²) in [6, 6.07) is 6.54. The molecule has 2 nitrogen and oxygen atoms in total. The third-order valence-electron chi connectivity index (χ3n) is 2.71. The zero-order valence-corrected chi connectivity index (χ0v) is 10.7. The number of hydrogen-bond acceptors (Lipinski definition) is 2. The number of hydrogen-bond donors (Lipinski definition) is 1. The summed E-state index contributed by atoms with van der Waals surface area (Å²) in [7, 11) is 0. The maximum absolute atomic E-state index is 13.0.